The highest BCUT2D eigenvalue weighted by Crippen LogP contribution is 2.45. The molecule has 0 amide bonds. The maximum atomic E-state index is 11.9. The lowest BCUT2D eigenvalue weighted by Gasteiger charge is -2.39. The fourth-order valence-corrected chi connectivity index (χ4v) is 2.96. The van der Waals surface area contributed by atoms with E-state index < -0.39 is 17.9 Å². The summed E-state index contributed by atoms with van der Waals surface area (Å²) in [5.41, 5.74) is 0.542. The zero-order valence-electron chi connectivity index (χ0n) is 12.5. The second-order valence-corrected chi connectivity index (χ2v) is 6.15. The van der Waals surface area contributed by atoms with E-state index in [1.165, 1.54) is 7.11 Å². The van der Waals surface area contributed by atoms with E-state index in [4.69, 9.17) is 37.4 Å². The van der Waals surface area contributed by atoms with E-state index in [2.05, 4.69) is 0 Å². The summed E-state index contributed by atoms with van der Waals surface area (Å²) in [6, 6.07) is 12.4. The fraction of sp³-hybridized carbons (Fsp3) is 0.235. The van der Waals surface area contributed by atoms with Crippen LogP contribution < -0.4 is 4.74 Å². The van der Waals surface area contributed by atoms with Gasteiger partial charge in [0.2, 0.25) is 0 Å². The Morgan fingerprint density at radius 3 is 2.61 bits per heavy atom. The van der Waals surface area contributed by atoms with Crippen molar-refractivity contribution in [2.75, 3.05) is 7.11 Å². The second kappa shape index (κ2) is 6.04. The molecule has 0 unspecified atom stereocenters. The number of carbonyl (C=O) groups excluding carboxylic acids is 1. The van der Waals surface area contributed by atoms with E-state index in [0.29, 0.717) is 21.4 Å². The molecule has 0 fully saturated rings. The molecule has 1 aliphatic heterocycles. The summed E-state index contributed by atoms with van der Waals surface area (Å²) in [5, 5.41) is 1.11. The fourth-order valence-electron chi connectivity index (χ4n) is 2.60. The Labute approximate surface area is 143 Å². The number of ether oxygens (including phenoxy) is 3. The molecule has 3 rings (SSSR count). The van der Waals surface area contributed by atoms with Crippen LogP contribution in [-0.4, -0.2) is 19.4 Å². The van der Waals surface area contributed by atoms with Crippen molar-refractivity contribution in [1.82, 2.24) is 0 Å². The normalized spacial score (nSPS) is 22.9. The molecule has 0 aromatic heterocycles. The molecule has 0 saturated heterocycles. The molecule has 23 heavy (non-hydrogen) atoms. The van der Waals surface area contributed by atoms with Gasteiger partial charge in [-0.1, -0.05) is 35.3 Å². The average molecular weight is 353 g/mol. The second-order valence-electron chi connectivity index (χ2n) is 5.27. The number of hydrogen-bond acceptors (Lipinski definition) is 4. The molecule has 0 bridgehead atoms. The number of benzene rings is 2. The highest BCUT2D eigenvalue weighted by molar-refractivity contribution is 6.31. The van der Waals surface area contributed by atoms with Crippen molar-refractivity contribution in [2.24, 2.45) is 0 Å². The van der Waals surface area contributed by atoms with Crippen LogP contribution in [0.4, 0.5) is 0 Å². The van der Waals surface area contributed by atoms with Crippen molar-refractivity contribution < 1.29 is 19.0 Å². The van der Waals surface area contributed by atoms with Gasteiger partial charge in [0.25, 0.3) is 0 Å². The Morgan fingerprint density at radius 1 is 1.17 bits per heavy atom. The topological polar surface area (TPSA) is 44.8 Å². The molecule has 2 aromatic carbocycles. The number of methoxy groups -OCH3 is 1. The van der Waals surface area contributed by atoms with Gasteiger partial charge in [-0.15, -0.1) is 0 Å². The predicted molar refractivity (Wildman–Crippen MR) is 86.9 cm³/mol. The first-order chi connectivity index (χ1) is 10.9. The van der Waals surface area contributed by atoms with Gasteiger partial charge in [-0.2, -0.15) is 0 Å². The van der Waals surface area contributed by atoms with Gasteiger partial charge in [-0.05, 0) is 42.8 Å². The Hall–Kier alpha value is -1.75. The number of carbonyl (C=O) groups is 1. The lowest BCUT2D eigenvalue weighted by atomic mass is 9.86. The van der Waals surface area contributed by atoms with Crippen molar-refractivity contribution in [2.45, 2.75) is 18.8 Å². The Bertz CT molecular complexity index is 762. The molecule has 1 heterocycles. The monoisotopic (exact) mass is 352 g/mol. The van der Waals surface area contributed by atoms with Crippen LogP contribution in [0, 0.1) is 0 Å². The number of rotatable bonds is 2. The molecule has 6 heteroatoms. The average Bonchev–Trinajstić information content (AvgIpc) is 2.54. The van der Waals surface area contributed by atoms with Gasteiger partial charge in [-0.25, -0.2) is 4.79 Å². The summed E-state index contributed by atoms with van der Waals surface area (Å²) >= 11 is 12.2. The zero-order valence-corrected chi connectivity index (χ0v) is 14.0. The van der Waals surface area contributed by atoms with E-state index in [1.54, 1.807) is 30.3 Å². The van der Waals surface area contributed by atoms with Gasteiger partial charge in [0, 0.05) is 15.6 Å². The summed E-state index contributed by atoms with van der Waals surface area (Å²) < 4.78 is 16.3. The number of hydrogen-bond donors (Lipinski definition) is 0. The van der Waals surface area contributed by atoms with Crippen LogP contribution in [0.15, 0.2) is 42.5 Å². The maximum absolute atomic E-state index is 11.9. The predicted octanol–water partition coefficient (Wildman–Crippen LogP) is 4.17. The van der Waals surface area contributed by atoms with E-state index in [9.17, 15) is 4.79 Å². The van der Waals surface area contributed by atoms with Gasteiger partial charge in [0.1, 0.15) is 11.4 Å². The third kappa shape index (κ3) is 2.90. The third-order valence-electron chi connectivity index (χ3n) is 3.80. The van der Waals surface area contributed by atoms with Crippen LogP contribution in [-0.2, 0) is 19.9 Å². The molecule has 1 aliphatic rings. The molecule has 120 valence electrons. The summed E-state index contributed by atoms with van der Waals surface area (Å²) in [5.74, 6) is -0.0996. The Morgan fingerprint density at radius 2 is 1.91 bits per heavy atom. The Balaban J connectivity index is 2.17. The lowest BCUT2D eigenvalue weighted by Crippen LogP contribution is -2.44. The highest BCUT2D eigenvalue weighted by Gasteiger charge is 2.43. The maximum Gasteiger partial charge on any atom is 0.376 e. The number of halogens is 2. The third-order valence-corrected chi connectivity index (χ3v) is 4.27. The molecule has 2 aromatic rings. The van der Waals surface area contributed by atoms with Crippen LogP contribution in [0.1, 0.15) is 18.1 Å². The van der Waals surface area contributed by atoms with Crippen molar-refractivity contribution in [3.63, 3.8) is 0 Å². The van der Waals surface area contributed by atoms with Gasteiger partial charge >= 0.3 is 12.3 Å². The largest absolute Gasteiger partial charge is 0.464 e. The number of fused-ring (bicyclic) bond motifs is 1. The van der Waals surface area contributed by atoms with Crippen molar-refractivity contribution in [3.05, 3.63) is 63.6 Å². The van der Waals surface area contributed by atoms with Crippen LogP contribution in [0.5, 0.6) is 5.75 Å². The lowest BCUT2D eigenvalue weighted by molar-refractivity contribution is -0.203. The van der Waals surface area contributed by atoms with Crippen LogP contribution in [0.25, 0.3) is 0 Å². The van der Waals surface area contributed by atoms with E-state index in [0.717, 1.165) is 5.56 Å². The number of esters is 1. The van der Waals surface area contributed by atoms with Gasteiger partial charge < -0.3 is 14.2 Å². The quantitative estimate of drug-likeness (QED) is 0.761. The summed E-state index contributed by atoms with van der Waals surface area (Å²) in [6.45, 7) is 1.84. The first-order valence-corrected chi connectivity index (χ1v) is 7.68. The summed E-state index contributed by atoms with van der Waals surface area (Å²) in [7, 11) is 1.28. The van der Waals surface area contributed by atoms with Gasteiger partial charge in [-0.3, -0.25) is 0 Å². The summed E-state index contributed by atoms with van der Waals surface area (Å²) in [4.78, 5) is 11.9. The van der Waals surface area contributed by atoms with Crippen molar-refractivity contribution >= 4 is 29.2 Å². The molecule has 0 saturated carbocycles. The van der Waals surface area contributed by atoms with Crippen molar-refractivity contribution in [3.8, 4) is 5.75 Å². The molecule has 0 spiro atoms. The molecular formula is C17H14Cl2O4. The standard InChI is InChI=1S/C17H14Cl2O4/c1-17(10-4-3-5-11(18)8-10)13-9-12(19)6-7-14(13)22-16(23-17)15(20)21-2/h3-9,16H,1-2H3/t16-,17+/m0/s1. The first kappa shape index (κ1) is 16.1. The molecule has 4 nitrogen and oxygen atoms in total. The molecular weight excluding hydrogens is 339 g/mol. The minimum absolute atomic E-state index is 0.513. The molecule has 0 radical (unpaired) electrons. The van der Waals surface area contributed by atoms with Crippen LogP contribution >= 0.6 is 23.2 Å². The zero-order chi connectivity index (χ0) is 16.6. The minimum atomic E-state index is -1.17. The Kier molecular flexibility index (Phi) is 4.23. The SMILES string of the molecule is COC(=O)[C@H]1Oc2ccc(Cl)cc2[C@@](C)(c2cccc(Cl)c2)O1. The van der Waals surface area contributed by atoms with E-state index in [-0.39, 0.29) is 0 Å². The first-order valence-electron chi connectivity index (χ1n) is 6.92. The van der Waals surface area contributed by atoms with Gasteiger partial charge in [0.05, 0.1) is 7.11 Å². The molecule has 0 aliphatic carbocycles. The van der Waals surface area contributed by atoms with E-state index >= 15 is 0 Å². The van der Waals surface area contributed by atoms with Gasteiger partial charge in [0.15, 0.2) is 0 Å². The van der Waals surface area contributed by atoms with E-state index in [1.807, 2.05) is 19.1 Å². The minimum Gasteiger partial charge on any atom is -0.464 e. The van der Waals surface area contributed by atoms with Crippen LogP contribution in [0.2, 0.25) is 10.0 Å². The molecule has 2 atom stereocenters. The smallest absolute Gasteiger partial charge is 0.376 e. The highest BCUT2D eigenvalue weighted by atomic mass is 35.5. The summed E-state index contributed by atoms with van der Waals surface area (Å²) in [6.07, 6.45) is -1.17. The van der Waals surface area contributed by atoms with Crippen molar-refractivity contribution in [1.29, 1.82) is 0 Å². The molecule has 0 N–H and O–H groups in total. The van der Waals surface area contributed by atoms with Crippen LogP contribution in [0.3, 0.4) is 0 Å².